The van der Waals surface area contributed by atoms with Gasteiger partial charge in [-0.25, -0.2) is 4.79 Å². The number of nitrogens with two attached hydrogens (primary N) is 3. The maximum absolute atomic E-state index is 12.4. The molecule has 0 aliphatic carbocycles. The van der Waals surface area contributed by atoms with E-state index in [9.17, 15) is 24.0 Å². The summed E-state index contributed by atoms with van der Waals surface area (Å²) in [6.07, 6.45) is -0.132. The largest absolute Gasteiger partial charge is 0.480 e. The third-order valence-corrected chi connectivity index (χ3v) is 4.17. The molecule has 4 atom stereocenters. The van der Waals surface area contributed by atoms with Crippen molar-refractivity contribution in [3.8, 4) is 0 Å². The van der Waals surface area contributed by atoms with E-state index in [1.807, 2.05) is 6.92 Å². The van der Waals surface area contributed by atoms with Crippen molar-refractivity contribution in [2.45, 2.75) is 64.1 Å². The molecule has 0 aliphatic heterocycles. The van der Waals surface area contributed by atoms with Crippen LogP contribution in [-0.2, 0) is 24.0 Å². The minimum Gasteiger partial charge on any atom is -0.480 e. The summed E-state index contributed by atoms with van der Waals surface area (Å²) in [6.45, 7) is 3.62. The lowest BCUT2D eigenvalue weighted by Crippen LogP contribution is -2.55. The van der Waals surface area contributed by atoms with Gasteiger partial charge in [0, 0.05) is 12.8 Å². The maximum Gasteiger partial charge on any atom is 0.326 e. The molecule has 0 spiro atoms. The molecule has 0 aliphatic rings. The minimum absolute atomic E-state index is 0.123. The summed E-state index contributed by atoms with van der Waals surface area (Å²) in [5.74, 6) is -4.32. The molecule has 0 heterocycles. The van der Waals surface area contributed by atoms with E-state index in [0.717, 1.165) is 0 Å². The molecule has 9 N–H and O–H groups in total. The summed E-state index contributed by atoms with van der Waals surface area (Å²) < 4.78 is 0. The van der Waals surface area contributed by atoms with Gasteiger partial charge in [-0.15, -0.1) is 0 Å². The molecule has 11 nitrogen and oxygen atoms in total. The van der Waals surface area contributed by atoms with E-state index in [1.54, 1.807) is 6.92 Å². The van der Waals surface area contributed by atoms with E-state index in [0.29, 0.717) is 6.42 Å². The van der Waals surface area contributed by atoms with E-state index in [4.69, 9.17) is 22.3 Å². The van der Waals surface area contributed by atoms with Gasteiger partial charge in [-0.3, -0.25) is 19.2 Å². The van der Waals surface area contributed by atoms with Gasteiger partial charge in [0.05, 0.1) is 6.04 Å². The summed E-state index contributed by atoms with van der Waals surface area (Å²) in [7, 11) is 0. The smallest absolute Gasteiger partial charge is 0.326 e. The standard InChI is InChI=1S/C16H29N5O6/c1-3-8(2)13(19)15(25)20-9(4-6-11(17)22)14(24)21-10(16(26)27)5-7-12(18)23/h8-10,13H,3-7,19H2,1-2H3,(H2,17,22)(H2,18,23)(H,20,25)(H,21,24)(H,26,27). The normalized spacial score (nSPS) is 15.1. The number of carbonyl (C=O) groups excluding carboxylic acids is 4. The van der Waals surface area contributed by atoms with Gasteiger partial charge in [-0.05, 0) is 18.8 Å². The second kappa shape index (κ2) is 11.8. The van der Waals surface area contributed by atoms with Crippen molar-refractivity contribution in [2.75, 3.05) is 0 Å². The lowest BCUT2D eigenvalue weighted by molar-refractivity contribution is -0.142. The van der Waals surface area contributed by atoms with Crippen molar-refractivity contribution in [3.05, 3.63) is 0 Å². The number of amides is 4. The SMILES string of the molecule is CCC(C)C(N)C(=O)NC(CCC(N)=O)C(=O)NC(CCC(N)=O)C(=O)O. The van der Waals surface area contributed by atoms with Crippen LogP contribution in [0.1, 0.15) is 46.0 Å². The fourth-order valence-corrected chi connectivity index (χ4v) is 2.15. The molecule has 0 saturated carbocycles. The highest BCUT2D eigenvalue weighted by molar-refractivity contribution is 5.92. The first-order chi connectivity index (χ1) is 12.5. The summed E-state index contributed by atoms with van der Waals surface area (Å²) >= 11 is 0. The number of rotatable bonds is 13. The quantitative estimate of drug-likeness (QED) is 0.208. The van der Waals surface area contributed by atoms with Gasteiger partial charge in [0.2, 0.25) is 23.6 Å². The van der Waals surface area contributed by atoms with E-state index >= 15 is 0 Å². The molecule has 0 aromatic carbocycles. The molecule has 154 valence electrons. The zero-order valence-corrected chi connectivity index (χ0v) is 15.6. The van der Waals surface area contributed by atoms with Crippen LogP contribution < -0.4 is 27.8 Å². The number of carboxylic acid groups (broad SMARTS) is 1. The van der Waals surface area contributed by atoms with Crippen molar-refractivity contribution in [3.63, 3.8) is 0 Å². The van der Waals surface area contributed by atoms with Crippen LogP contribution in [-0.4, -0.2) is 52.8 Å². The highest BCUT2D eigenvalue weighted by atomic mass is 16.4. The molecule has 0 radical (unpaired) electrons. The molecular formula is C16H29N5O6. The number of primary amides is 2. The second-order valence-electron chi connectivity index (χ2n) is 6.38. The Morgan fingerprint density at radius 3 is 1.74 bits per heavy atom. The Morgan fingerprint density at radius 1 is 0.889 bits per heavy atom. The van der Waals surface area contributed by atoms with Gasteiger partial charge in [-0.2, -0.15) is 0 Å². The van der Waals surface area contributed by atoms with Crippen LogP contribution in [0.3, 0.4) is 0 Å². The topological polar surface area (TPSA) is 208 Å². The lowest BCUT2D eigenvalue weighted by atomic mass is 9.98. The Kier molecular flexibility index (Phi) is 10.7. The van der Waals surface area contributed by atoms with Gasteiger partial charge in [-0.1, -0.05) is 20.3 Å². The van der Waals surface area contributed by atoms with E-state index in [1.165, 1.54) is 0 Å². The van der Waals surface area contributed by atoms with Crippen LogP contribution in [0.25, 0.3) is 0 Å². The monoisotopic (exact) mass is 387 g/mol. The molecule has 4 amide bonds. The zero-order valence-electron chi connectivity index (χ0n) is 15.6. The number of carboxylic acids is 1. The average molecular weight is 387 g/mol. The number of nitrogens with one attached hydrogen (secondary N) is 2. The molecule has 27 heavy (non-hydrogen) atoms. The highest BCUT2D eigenvalue weighted by Crippen LogP contribution is 2.07. The molecule has 0 bridgehead atoms. The number of hydrogen-bond acceptors (Lipinski definition) is 6. The molecule has 4 unspecified atom stereocenters. The fourth-order valence-electron chi connectivity index (χ4n) is 2.15. The van der Waals surface area contributed by atoms with Gasteiger partial charge in [0.25, 0.3) is 0 Å². The Balaban J connectivity index is 5.15. The third-order valence-electron chi connectivity index (χ3n) is 4.17. The highest BCUT2D eigenvalue weighted by Gasteiger charge is 2.29. The third kappa shape index (κ3) is 9.54. The fraction of sp³-hybridized carbons (Fsp3) is 0.688. The Labute approximate surface area is 157 Å². The minimum atomic E-state index is -1.37. The van der Waals surface area contributed by atoms with E-state index < -0.39 is 47.7 Å². The summed E-state index contributed by atoms with van der Waals surface area (Å²) in [5.41, 5.74) is 15.9. The van der Waals surface area contributed by atoms with Crippen molar-refractivity contribution in [2.24, 2.45) is 23.1 Å². The van der Waals surface area contributed by atoms with E-state index in [2.05, 4.69) is 10.6 Å². The first-order valence-electron chi connectivity index (χ1n) is 8.65. The van der Waals surface area contributed by atoms with Crippen LogP contribution in [0.15, 0.2) is 0 Å². The molecule has 0 rings (SSSR count). The van der Waals surface area contributed by atoms with Crippen LogP contribution in [0.4, 0.5) is 0 Å². The molecule has 0 fully saturated rings. The summed E-state index contributed by atoms with van der Waals surface area (Å²) in [6, 6.07) is -3.44. The first-order valence-corrected chi connectivity index (χ1v) is 8.65. The van der Waals surface area contributed by atoms with Gasteiger partial charge in [0.15, 0.2) is 0 Å². The van der Waals surface area contributed by atoms with Crippen molar-refractivity contribution < 1.29 is 29.1 Å². The lowest BCUT2D eigenvalue weighted by Gasteiger charge is -2.24. The van der Waals surface area contributed by atoms with Gasteiger partial charge in [0.1, 0.15) is 12.1 Å². The Morgan fingerprint density at radius 2 is 1.33 bits per heavy atom. The Bertz CT molecular complexity index is 568. The molecule has 0 aromatic rings. The maximum atomic E-state index is 12.4. The van der Waals surface area contributed by atoms with Crippen molar-refractivity contribution >= 4 is 29.6 Å². The van der Waals surface area contributed by atoms with Gasteiger partial charge < -0.3 is 32.9 Å². The number of carbonyl (C=O) groups is 5. The second-order valence-corrected chi connectivity index (χ2v) is 6.38. The molecular weight excluding hydrogens is 358 g/mol. The van der Waals surface area contributed by atoms with Crippen molar-refractivity contribution in [1.29, 1.82) is 0 Å². The molecule has 0 aromatic heterocycles. The summed E-state index contributed by atoms with van der Waals surface area (Å²) in [4.78, 5) is 57.7. The number of aliphatic carboxylic acids is 1. The molecule has 0 saturated heterocycles. The van der Waals surface area contributed by atoms with E-state index in [-0.39, 0.29) is 31.6 Å². The summed E-state index contributed by atoms with van der Waals surface area (Å²) in [5, 5.41) is 13.8. The van der Waals surface area contributed by atoms with Crippen LogP contribution in [0.5, 0.6) is 0 Å². The van der Waals surface area contributed by atoms with Crippen LogP contribution >= 0.6 is 0 Å². The first kappa shape index (κ1) is 24.3. The predicted molar refractivity (Wildman–Crippen MR) is 95.8 cm³/mol. The zero-order chi connectivity index (χ0) is 21.1. The molecule has 11 heteroatoms. The van der Waals surface area contributed by atoms with Crippen LogP contribution in [0, 0.1) is 5.92 Å². The Hall–Kier alpha value is -2.69. The average Bonchev–Trinajstić information content (AvgIpc) is 2.59. The van der Waals surface area contributed by atoms with Crippen LogP contribution in [0.2, 0.25) is 0 Å². The predicted octanol–water partition coefficient (Wildman–Crippen LogP) is -2.05. The van der Waals surface area contributed by atoms with Gasteiger partial charge >= 0.3 is 5.97 Å². The number of hydrogen-bond donors (Lipinski definition) is 6. The van der Waals surface area contributed by atoms with Crippen molar-refractivity contribution in [1.82, 2.24) is 10.6 Å².